The molecule has 0 radical (unpaired) electrons. The zero-order valence-electron chi connectivity index (χ0n) is 11.5. The monoisotopic (exact) mass is 283 g/mol. The number of hydrogen-bond donors (Lipinski definition) is 2. The van der Waals surface area contributed by atoms with Crippen molar-refractivity contribution in [2.45, 2.75) is 18.8 Å². The van der Waals surface area contributed by atoms with E-state index in [1.54, 1.807) is 19.0 Å². The molecule has 2 rings (SSSR count). The Morgan fingerprint density at radius 1 is 1.26 bits per heavy atom. The molecule has 0 saturated carbocycles. The van der Waals surface area contributed by atoms with Crippen LogP contribution in [0.5, 0.6) is 0 Å². The van der Waals surface area contributed by atoms with Crippen LogP contribution in [0.4, 0.5) is 10.5 Å². The maximum Gasteiger partial charge on any atom is 0.321 e. The van der Waals surface area contributed by atoms with Gasteiger partial charge in [0.05, 0.1) is 0 Å². The summed E-state index contributed by atoms with van der Waals surface area (Å²) in [4.78, 5) is 13.3. The van der Waals surface area contributed by atoms with E-state index in [-0.39, 0.29) is 18.4 Å². The lowest BCUT2D eigenvalue weighted by Crippen LogP contribution is -2.29. The Labute approximate surface area is 121 Å². The molecule has 1 fully saturated rings. The molecule has 0 spiro atoms. The van der Waals surface area contributed by atoms with Gasteiger partial charge in [-0.2, -0.15) is 0 Å². The van der Waals surface area contributed by atoms with Gasteiger partial charge in [0.2, 0.25) is 0 Å². The zero-order valence-corrected chi connectivity index (χ0v) is 12.3. The van der Waals surface area contributed by atoms with Crippen molar-refractivity contribution in [3.8, 4) is 0 Å². The predicted octanol–water partition coefficient (Wildman–Crippen LogP) is 2.67. The number of para-hydroxylation sites is 1. The number of piperidine rings is 1. The molecule has 1 heterocycles. The molecule has 1 aromatic rings. The maximum atomic E-state index is 11.7. The number of nitrogens with zero attached hydrogens (tertiary/aromatic N) is 1. The topological polar surface area (TPSA) is 44.4 Å². The molecule has 0 aromatic heterocycles. The number of carbonyl (C=O) groups excluding carboxylic acids is 1. The molecule has 5 heteroatoms. The largest absolute Gasteiger partial charge is 0.331 e. The quantitative estimate of drug-likeness (QED) is 0.876. The number of nitrogens with one attached hydrogen (secondary N) is 2. The minimum Gasteiger partial charge on any atom is -0.331 e. The van der Waals surface area contributed by atoms with E-state index >= 15 is 0 Å². The first kappa shape index (κ1) is 15.8. The fourth-order valence-corrected chi connectivity index (χ4v) is 2.33. The number of carbonyl (C=O) groups is 1. The fourth-order valence-electron chi connectivity index (χ4n) is 2.33. The van der Waals surface area contributed by atoms with Crippen molar-refractivity contribution >= 4 is 24.1 Å². The molecule has 1 aromatic carbocycles. The summed E-state index contributed by atoms with van der Waals surface area (Å²) in [5, 5.41) is 6.34. The van der Waals surface area contributed by atoms with Crippen LogP contribution in [0.3, 0.4) is 0 Å². The highest BCUT2D eigenvalue weighted by molar-refractivity contribution is 5.89. The Bertz CT molecular complexity index is 417. The number of hydrogen-bond acceptors (Lipinski definition) is 2. The van der Waals surface area contributed by atoms with Crippen LogP contribution in [-0.2, 0) is 0 Å². The lowest BCUT2D eigenvalue weighted by molar-refractivity contribution is 0.230. The second kappa shape index (κ2) is 7.36. The van der Waals surface area contributed by atoms with Crippen LogP contribution in [-0.4, -0.2) is 38.1 Å². The van der Waals surface area contributed by atoms with Gasteiger partial charge < -0.3 is 15.5 Å². The van der Waals surface area contributed by atoms with E-state index in [1.807, 2.05) is 18.2 Å². The van der Waals surface area contributed by atoms with Crippen molar-refractivity contribution in [1.29, 1.82) is 0 Å². The average Bonchev–Trinajstić information content (AvgIpc) is 2.40. The van der Waals surface area contributed by atoms with Crippen LogP contribution in [0, 0.1) is 0 Å². The van der Waals surface area contributed by atoms with Gasteiger partial charge in [-0.1, -0.05) is 18.2 Å². The Balaban J connectivity index is 0.00000180. The smallest absolute Gasteiger partial charge is 0.321 e. The fraction of sp³-hybridized carbons (Fsp3) is 0.500. The van der Waals surface area contributed by atoms with Gasteiger partial charge >= 0.3 is 6.03 Å². The third kappa shape index (κ3) is 4.11. The van der Waals surface area contributed by atoms with Crippen LogP contribution in [0.1, 0.15) is 24.3 Å². The molecular formula is C14H22ClN3O. The van der Waals surface area contributed by atoms with E-state index in [1.165, 1.54) is 5.56 Å². The molecule has 2 N–H and O–H groups in total. The summed E-state index contributed by atoms with van der Waals surface area (Å²) in [6, 6.07) is 8.05. The second-order valence-corrected chi connectivity index (χ2v) is 4.94. The normalized spacial score (nSPS) is 15.5. The van der Waals surface area contributed by atoms with E-state index in [4.69, 9.17) is 0 Å². The number of anilines is 1. The van der Waals surface area contributed by atoms with Crippen molar-refractivity contribution in [2.75, 3.05) is 32.5 Å². The lowest BCUT2D eigenvalue weighted by atomic mass is 9.89. The number of benzene rings is 1. The number of amides is 2. The first-order valence-electron chi connectivity index (χ1n) is 6.46. The van der Waals surface area contributed by atoms with Crippen molar-refractivity contribution < 1.29 is 4.79 Å². The molecular weight excluding hydrogens is 262 g/mol. The highest BCUT2D eigenvalue weighted by Crippen LogP contribution is 2.30. The summed E-state index contributed by atoms with van der Waals surface area (Å²) in [5.74, 6) is 0.546. The SMILES string of the molecule is CN(C)C(=O)Nc1ccccc1C1CCNCC1.Cl. The highest BCUT2D eigenvalue weighted by atomic mass is 35.5. The summed E-state index contributed by atoms with van der Waals surface area (Å²) in [6.45, 7) is 2.11. The maximum absolute atomic E-state index is 11.7. The third-order valence-corrected chi connectivity index (χ3v) is 3.39. The third-order valence-electron chi connectivity index (χ3n) is 3.39. The number of rotatable bonds is 2. The molecule has 19 heavy (non-hydrogen) atoms. The molecule has 2 amide bonds. The Morgan fingerprint density at radius 2 is 1.89 bits per heavy atom. The van der Waals surface area contributed by atoms with Gasteiger partial charge in [0.15, 0.2) is 0 Å². The Morgan fingerprint density at radius 3 is 2.53 bits per heavy atom. The van der Waals surface area contributed by atoms with E-state index < -0.39 is 0 Å². The summed E-state index contributed by atoms with van der Waals surface area (Å²) in [6.07, 6.45) is 2.27. The van der Waals surface area contributed by atoms with Gasteiger partial charge in [-0.15, -0.1) is 12.4 Å². The van der Waals surface area contributed by atoms with E-state index in [2.05, 4.69) is 16.7 Å². The number of halogens is 1. The molecule has 0 atom stereocenters. The van der Waals surface area contributed by atoms with Gasteiger partial charge in [-0.05, 0) is 43.5 Å². The summed E-state index contributed by atoms with van der Waals surface area (Å²) < 4.78 is 0. The summed E-state index contributed by atoms with van der Waals surface area (Å²) >= 11 is 0. The Kier molecular flexibility index (Phi) is 6.12. The molecule has 0 unspecified atom stereocenters. The molecule has 4 nitrogen and oxygen atoms in total. The predicted molar refractivity (Wildman–Crippen MR) is 81.2 cm³/mol. The molecule has 106 valence electrons. The van der Waals surface area contributed by atoms with Crippen LogP contribution in [0.15, 0.2) is 24.3 Å². The molecule has 1 aliphatic rings. The average molecular weight is 284 g/mol. The molecule has 1 saturated heterocycles. The minimum absolute atomic E-state index is 0. The Hall–Kier alpha value is -1.26. The van der Waals surface area contributed by atoms with Gasteiger partial charge in [0.1, 0.15) is 0 Å². The van der Waals surface area contributed by atoms with E-state index in [0.29, 0.717) is 5.92 Å². The highest BCUT2D eigenvalue weighted by Gasteiger charge is 2.18. The summed E-state index contributed by atoms with van der Waals surface area (Å²) in [7, 11) is 3.50. The second-order valence-electron chi connectivity index (χ2n) is 4.94. The van der Waals surface area contributed by atoms with Gasteiger partial charge in [0, 0.05) is 19.8 Å². The van der Waals surface area contributed by atoms with Crippen molar-refractivity contribution in [3.63, 3.8) is 0 Å². The lowest BCUT2D eigenvalue weighted by Gasteiger charge is -2.25. The van der Waals surface area contributed by atoms with Crippen LogP contribution in [0.2, 0.25) is 0 Å². The van der Waals surface area contributed by atoms with Crippen molar-refractivity contribution in [3.05, 3.63) is 29.8 Å². The van der Waals surface area contributed by atoms with Gasteiger partial charge in [-0.25, -0.2) is 4.79 Å². The van der Waals surface area contributed by atoms with E-state index in [0.717, 1.165) is 31.6 Å². The first-order chi connectivity index (χ1) is 8.68. The van der Waals surface area contributed by atoms with Gasteiger partial charge in [-0.3, -0.25) is 0 Å². The molecule has 0 aliphatic carbocycles. The van der Waals surface area contributed by atoms with Crippen molar-refractivity contribution in [1.82, 2.24) is 10.2 Å². The van der Waals surface area contributed by atoms with Crippen molar-refractivity contribution in [2.24, 2.45) is 0 Å². The van der Waals surface area contributed by atoms with Gasteiger partial charge in [0.25, 0.3) is 0 Å². The summed E-state index contributed by atoms with van der Waals surface area (Å²) in [5.41, 5.74) is 2.21. The molecule has 0 bridgehead atoms. The molecule has 1 aliphatic heterocycles. The van der Waals surface area contributed by atoms with Crippen LogP contribution in [0.25, 0.3) is 0 Å². The van der Waals surface area contributed by atoms with Crippen LogP contribution >= 0.6 is 12.4 Å². The standard InChI is InChI=1S/C14H21N3O.ClH/c1-17(2)14(18)16-13-6-4-3-5-12(13)11-7-9-15-10-8-11;/h3-6,11,15H,7-10H2,1-2H3,(H,16,18);1H. The zero-order chi connectivity index (χ0) is 13.0. The first-order valence-corrected chi connectivity index (χ1v) is 6.46. The van der Waals surface area contributed by atoms with Crippen LogP contribution < -0.4 is 10.6 Å². The van der Waals surface area contributed by atoms with E-state index in [9.17, 15) is 4.79 Å². The minimum atomic E-state index is -0.0728. The number of urea groups is 1.